The molecule has 6 nitrogen and oxygen atoms in total. The van der Waals surface area contributed by atoms with Crippen molar-refractivity contribution >= 4 is 11.9 Å². The van der Waals surface area contributed by atoms with Gasteiger partial charge >= 0.3 is 5.97 Å². The predicted octanol–water partition coefficient (Wildman–Crippen LogP) is 14.0. The van der Waals surface area contributed by atoms with Crippen LogP contribution in [0.5, 0.6) is 0 Å². The van der Waals surface area contributed by atoms with Crippen LogP contribution in [0.1, 0.15) is 271 Å². The zero-order valence-electron chi connectivity index (χ0n) is 36.5. The molecule has 54 heavy (non-hydrogen) atoms. The number of carbonyl (C=O) groups excluding carboxylic acids is 2. The lowest BCUT2D eigenvalue weighted by Crippen LogP contribution is -2.45. The Kier molecular flexibility index (Phi) is 43.6. The summed E-state index contributed by atoms with van der Waals surface area (Å²) >= 11 is 0. The van der Waals surface area contributed by atoms with Gasteiger partial charge in [-0.3, -0.25) is 9.59 Å². The van der Waals surface area contributed by atoms with Crippen molar-refractivity contribution in [2.45, 2.75) is 283 Å². The summed E-state index contributed by atoms with van der Waals surface area (Å²) in [5, 5.41) is 23.0. The summed E-state index contributed by atoms with van der Waals surface area (Å²) in [5.41, 5.74) is 0. The largest absolute Gasteiger partial charge is 0.466 e. The minimum atomic E-state index is -0.664. The highest BCUT2D eigenvalue weighted by molar-refractivity contribution is 5.76. The number of hydrogen-bond donors (Lipinski definition) is 3. The number of hydrogen-bond acceptors (Lipinski definition) is 5. The van der Waals surface area contributed by atoms with E-state index in [0.29, 0.717) is 25.9 Å². The van der Waals surface area contributed by atoms with Crippen LogP contribution in [-0.2, 0) is 14.3 Å². The number of ether oxygens (including phenoxy) is 1. The number of esters is 1. The molecule has 3 N–H and O–H groups in total. The highest BCUT2D eigenvalue weighted by Crippen LogP contribution is 2.16. The van der Waals surface area contributed by atoms with Gasteiger partial charge in [0.1, 0.15) is 0 Å². The van der Waals surface area contributed by atoms with Gasteiger partial charge in [-0.25, -0.2) is 0 Å². The molecule has 0 aliphatic heterocycles. The fourth-order valence-corrected chi connectivity index (χ4v) is 7.64. The van der Waals surface area contributed by atoms with Crippen LogP contribution >= 0.6 is 0 Å². The Morgan fingerprint density at radius 3 is 1.13 bits per heavy atom. The first-order chi connectivity index (χ1) is 26.5. The molecule has 0 fully saturated rings. The molecule has 0 aromatic rings. The molecule has 2 atom stereocenters. The van der Waals surface area contributed by atoms with Crippen LogP contribution in [0.2, 0.25) is 0 Å². The molecule has 0 aromatic carbocycles. The molecule has 322 valence electrons. The minimum Gasteiger partial charge on any atom is -0.466 e. The van der Waals surface area contributed by atoms with Gasteiger partial charge in [0.25, 0.3) is 0 Å². The van der Waals surface area contributed by atoms with E-state index < -0.39 is 12.1 Å². The highest BCUT2D eigenvalue weighted by Gasteiger charge is 2.20. The summed E-state index contributed by atoms with van der Waals surface area (Å²) in [5.74, 6) is -0.0397. The number of amides is 1. The van der Waals surface area contributed by atoms with Gasteiger partial charge in [-0.2, -0.15) is 0 Å². The van der Waals surface area contributed by atoms with Gasteiger partial charge in [0, 0.05) is 12.8 Å². The van der Waals surface area contributed by atoms with Gasteiger partial charge in [0.2, 0.25) is 5.91 Å². The Hall–Kier alpha value is -1.14. The average molecular weight is 766 g/mol. The second-order valence-corrected chi connectivity index (χ2v) is 16.8. The van der Waals surface area contributed by atoms with Crippen molar-refractivity contribution in [3.05, 3.63) is 0 Å². The number of unbranched alkanes of at least 4 members (excludes halogenated alkanes) is 34. The summed E-state index contributed by atoms with van der Waals surface area (Å²) < 4.78 is 5.45. The molecule has 0 aliphatic carbocycles. The van der Waals surface area contributed by atoms with Crippen LogP contribution in [0.3, 0.4) is 0 Å². The number of aliphatic hydroxyl groups excluding tert-OH is 2. The Bertz CT molecular complexity index is 761. The van der Waals surface area contributed by atoms with E-state index in [-0.39, 0.29) is 18.5 Å². The van der Waals surface area contributed by atoms with Crippen LogP contribution < -0.4 is 5.32 Å². The Morgan fingerprint density at radius 1 is 0.444 bits per heavy atom. The maximum atomic E-state index is 12.4. The molecule has 0 spiro atoms. The molecule has 2 unspecified atom stereocenters. The average Bonchev–Trinajstić information content (AvgIpc) is 3.17. The second-order valence-electron chi connectivity index (χ2n) is 16.8. The lowest BCUT2D eigenvalue weighted by Gasteiger charge is -2.22. The zero-order valence-corrected chi connectivity index (χ0v) is 36.5. The van der Waals surface area contributed by atoms with E-state index in [9.17, 15) is 19.8 Å². The molecule has 0 bridgehead atoms. The number of nitrogens with one attached hydrogen (secondary N) is 1. The monoisotopic (exact) mass is 766 g/mol. The van der Waals surface area contributed by atoms with E-state index in [2.05, 4.69) is 19.2 Å². The zero-order chi connectivity index (χ0) is 39.4. The first-order valence-corrected chi connectivity index (χ1v) is 24.3. The minimum absolute atomic E-state index is 0.00380. The maximum absolute atomic E-state index is 12.4. The van der Waals surface area contributed by atoms with E-state index >= 15 is 0 Å². The van der Waals surface area contributed by atoms with Crippen LogP contribution in [0.4, 0.5) is 0 Å². The maximum Gasteiger partial charge on any atom is 0.305 e. The Balaban J connectivity index is 3.39. The third kappa shape index (κ3) is 40.5. The van der Waals surface area contributed by atoms with Gasteiger partial charge in [-0.1, -0.05) is 232 Å². The molecule has 0 saturated carbocycles. The van der Waals surface area contributed by atoms with Crippen molar-refractivity contribution in [1.29, 1.82) is 0 Å². The van der Waals surface area contributed by atoms with E-state index in [1.165, 1.54) is 193 Å². The summed E-state index contributed by atoms with van der Waals surface area (Å²) in [6, 6.07) is -0.542. The molecule has 0 heterocycles. The Morgan fingerprint density at radius 2 is 0.759 bits per heavy atom. The van der Waals surface area contributed by atoms with Crippen molar-refractivity contribution in [1.82, 2.24) is 5.32 Å². The van der Waals surface area contributed by atoms with Gasteiger partial charge in [0.15, 0.2) is 0 Å². The fourth-order valence-electron chi connectivity index (χ4n) is 7.64. The molecule has 6 heteroatoms. The van der Waals surface area contributed by atoms with Gasteiger partial charge in [-0.15, -0.1) is 0 Å². The third-order valence-electron chi connectivity index (χ3n) is 11.4. The van der Waals surface area contributed by atoms with Crippen molar-refractivity contribution in [3.63, 3.8) is 0 Å². The predicted molar refractivity (Wildman–Crippen MR) is 232 cm³/mol. The molecule has 0 saturated heterocycles. The quantitative estimate of drug-likeness (QED) is 0.0424. The normalized spacial score (nSPS) is 12.6. The van der Waals surface area contributed by atoms with Crippen LogP contribution in [-0.4, -0.2) is 47.4 Å². The first-order valence-electron chi connectivity index (χ1n) is 24.3. The summed E-state index contributed by atoms with van der Waals surface area (Å²) in [7, 11) is 0. The van der Waals surface area contributed by atoms with Crippen molar-refractivity contribution in [3.8, 4) is 0 Å². The standard InChI is InChI=1S/C48H95NO5/c1-3-5-7-9-11-13-14-22-26-30-34-38-42-48(53)54-43-39-35-31-27-23-20-18-16-15-17-19-21-25-29-33-37-41-47(52)49-45(44-50)46(51)40-36-32-28-24-12-10-8-6-4-2/h45-46,50-51H,3-44H2,1-2H3,(H,49,52). The molecule has 0 aromatic heterocycles. The summed E-state index contributed by atoms with van der Waals surface area (Å²) in [6.45, 7) is 4.92. The van der Waals surface area contributed by atoms with Crippen LogP contribution in [0.25, 0.3) is 0 Å². The third-order valence-corrected chi connectivity index (χ3v) is 11.4. The van der Waals surface area contributed by atoms with Gasteiger partial charge < -0.3 is 20.3 Å². The van der Waals surface area contributed by atoms with E-state index in [0.717, 1.165) is 44.9 Å². The van der Waals surface area contributed by atoms with E-state index in [4.69, 9.17) is 4.74 Å². The fraction of sp³-hybridized carbons (Fsp3) is 0.958. The van der Waals surface area contributed by atoms with Crippen molar-refractivity contribution < 1.29 is 24.5 Å². The number of rotatable bonds is 45. The topological polar surface area (TPSA) is 95.9 Å². The smallest absolute Gasteiger partial charge is 0.305 e. The summed E-state index contributed by atoms with van der Waals surface area (Å²) in [4.78, 5) is 24.3. The Labute approximate surface area is 336 Å². The number of carbonyl (C=O) groups is 2. The second kappa shape index (κ2) is 44.6. The van der Waals surface area contributed by atoms with Gasteiger partial charge in [-0.05, 0) is 25.7 Å². The molecule has 0 aliphatic rings. The lowest BCUT2D eigenvalue weighted by atomic mass is 10.0. The lowest BCUT2D eigenvalue weighted by molar-refractivity contribution is -0.143. The molecular weight excluding hydrogens is 671 g/mol. The number of aliphatic hydroxyl groups is 2. The SMILES string of the molecule is CCCCCCCCCCCCCCC(=O)OCCCCCCCCCCCCCCCCCCC(=O)NC(CO)C(O)CCCCCCCCCCC. The van der Waals surface area contributed by atoms with E-state index in [1.54, 1.807) is 0 Å². The molecule has 0 rings (SSSR count). The molecule has 1 amide bonds. The van der Waals surface area contributed by atoms with E-state index in [1.807, 2.05) is 0 Å². The van der Waals surface area contributed by atoms with Crippen LogP contribution in [0, 0.1) is 0 Å². The summed E-state index contributed by atoms with van der Waals surface area (Å²) in [6.07, 6.45) is 47.8. The van der Waals surface area contributed by atoms with Crippen molar-refractivity contribution in [2.24, 2.45) is 0 Å². The van der Waals surface area contributed by atoms with Crippen LogP contribution in [0.15, 0.2) is 0 Å². The molecular formula is C48H95NO5. The van der Waals surface area contributed by atoms with Crippen molar-refractivity contribution in [2.75, 3.05) is 13.2 Å². The first kappa shape index (κ1) is 52.9. The molecule has 0 radical (unpaired) electrons. The van der Waals surface area contributed by atoms with Gasteiger partial charge in [0.05, 0.1) is 25.4 Å². The highest BCUT2D eigenvalue weighted by atomic mass is 16.5.